The highest BCUT2D eigenvalue weighted by molar-refractivity contribution is 6.00. The van der Waals surface area contributed by atoms with Crippen LogP contribution >= 0.6 is 0 Å². The molecule has 9 heteroatoms. The average molecular weight is 850 g/mol. The predicted octanol–water partition coefficient (Wildman–Crippen LogP) is 10.4. The number of carbonyl (C=O) groups excluding carboxylic acids is 4. The van der Waals surface area contributed by atoms with Gasteiger partial charge in [-0.25, -0.2) is 0 Å². The fraction of sp³-hybridized carbons (Fsp3) is 0.236. The van der Waals surface area contributed by atoms with E-state index in [9.17, 15) is 19.2 Å². The standard InChI is InChI=1S/C55H55N5O4/c1-2-3-32-59(54(63)47(41-21-12-6-13-22-41)34-39-17-8-4-9-18-39)38-52(61)56-45-28-26-43(27-29-45)50-37-44-36-46(30-31-49(44)58-50)57-53(62)51-25-16-33-60(51)55(64)48(42-23-14-7-15-24-42)35-40-19-10-5-11-20-40/h4-15,17-24,26-31,36-37,47-48,51,58H,2-3,16,25,32-35,38H2,1H3,(H,56,61)(H,57,62)/t47?,48?,51-/m0/s1. The molecule has 2 unspecified atom stereocenters. The summed E-state index contributed by atoms with van der Waals surface area (Å²) in [5, 5.41) is 7.05. The smallest absolute Gasteiger partial charge is 0.247 e. The number of H-pyrrole nitrogens is 1. The van der Waals surface area contributed by atoms with Gasteiger partial charge in [0.15, 0.2) is 0 Å². The van der Waals surface area contributed by atoms with Gasteiger partial charge in [-0.05, 0) is 96.3 Å². The molecule has 8 rings (SSSR count). The summed E-state index contributed by atoms with van der Waals surface area (Å²) in [7, 11) is 0. The maximum atomic E-state index is 14.2. The van der Waals surface area contributed by atoms with Crippen molar-refractivity contribution in [2.45, 2.75) is 63.3 Å². The number of unbranched alkanes of at least 4 members (excludes halogenated alkanes) is 1. The zero-order valence-electron chi connectivity index (χ0n) is 36.3. The Hall–Kier alpha value is -7.26. The molecule has 0 saturated carbocycles. The van der Waals surface area contributed by atoms with Crippen LogP contribution in [-0.4, -0.2) is 64.1 Å². The van der Waals surface area contributed by atoms with Crippen molar-refractivity contribution in [2.75, 3.05) is 30.3 Å². The van der Waals surface area contributed by atoms with Gasteiger partial charge < -0.3 is 25.4 Å². The Labute approximate surface area is 375 Å². The number of fused-ring (bicyclic) bond motifs is 1. The van der Waals surface area contributed by atoms with Crippen LogP contribution in [0, 0.1) is 0 Å². The van der Waals surface area contributed by atoms with Crippen LogP contribution in [0.2, 0.25) is 0 Å². The molecule has 6 aromatic carbocycles. The van der Waals surface area contributed by atoms with Gasteiger partial charge in [0.1, 0.15) is 6.04 Å². The highest BCUT2D eigenvalue weighted by Gasteiger charge is 2.38. The predicted molar refractivity (Wildman–Crippen MR) is 256 cm³/mol. The van der Waals surface area contributed by atoms with Crippen LogP contribution in [0.25, 0.3) is 22.2 Å². The number of nitrogens with zero attached hydrogens (tertiary/aromatic N) is 2. The number of amides is 4. The van der Waals surface area contributed by atoms with Gasteiger partial charge >= 0.3 is 0 Å². The monoisotopic (exact) mass is 849 g/mol. The molecule has 0 radical (unpaired) electrons. The number of rotatable bonds is 17. The normalized spacial score (nSPS) is 14.5. The van der Waals surface area contributed by atoms with E-state index in [1.807, 2.05) is 170 Å². The topological polar surface area (TPSA) is 115 Å². The van der Waals surface area contributed by atoms with Gasteiger partial charge in [0.05, 0.1) is 18.4 Å². The van der Waals surface area contributed by atoms with Crippen molar-refractivity contribution in [3.8, 4) is 11.3 Å². The van der Waals surface area contributed by atoms with Gasteiger partial charge in [0, 0.05) is 41.1 Å². The number of nitrogens with one attached hydrogen (secondary N) is 3. The highest BCUT2D eigenvalue weighted by atomic mass is 16.2. The molecule has 1 fully saturated rings. The van der Waals surface area contributed by atoms with Crippen molar-refractivity contribution < 1.29 is 19.2 Å². The lowest BCUT2D eigenvalue weighted by Crippen LogP contribution is -2.45. The van der Waals surface area contributed by atoms with Crippen LogP contribution in [0.1, 0.15) is 66.7 Å². The number of aromatic amines is 1. The highest BCUT2D eigenvalue weighted by Crippen LogP contribution is 2.31. The van der Waals surface area contributed by atoms with Crippen LogP contribution < -0.4 is 10.6 Å². The fourth-order valence-corrected chi connectivity index (χ4v) is 8.80. The minimum absolute atomic E-state index is 0.0282. The first-order valence-electron chi connectivity index (χ1n) is 22.4. The molecule has 4 amide bonds. The maximum absolute atomic E-state index is 14.2. The zero-order chi connectivity index (χ0) is 44.3. The molecule has 64 heavy (non-hydrogen) atoms. The molecule has 3 atom stereocenters. The van der Waals surface area contributed by atoms with E-state index in [0.29, 0.717) is 43.7 Å². The van der Waals surface area contributed by atoms with E-state index in [2.05, 4.69) is 22.5 Å². The molecular formula is C55H55N5O4. The number of carbonyl (C=O) groups is 4. The lowest BCUT2D eigenvalue weighted by Gasteiger charge is -2.28. The molecule has 7 aromatic rings. The Kier molecular flexibility index (Phi) is 14.1. The molecule has 9 nitrogen and oxygen atoms in total. The number of anilines is 2. The third kappa shape index (κ3) is 10.7. The van der Waals surface area contributed by atoms with Gasteiger partial charge in [-0.2, -0.15) is 0 Å². The first-order valence-corrected chi connectivity index (χ1v) is 22.4. The average Bonchev–Trinajstić information content (AvgIpc) is 4.01. The van der Waals surface area contributed by atoms with Crippen LogP contribution in [0.4, 0.5) is 11.4 Å². The number of aromatic nitrogens is 1. The van der Waals surface area contributed by atoms with Crippen molar-refractivity contribution in [3.05, 3.63) is 192 Å². The molecule has 1 aliphatic heterocycles. The van der Waals surface area contributed by atoms with E-state index in [4.69, 9.17) is 0 Å². The minimum Gasteiger partial charge on any atom is -0.355 e. The molecule has 2 heterocycles. The molecule has 0 aliphatic carbocycles. The number of hydrogen-bond acceptors (Lipinski definition) is 4. The zero-order valence-corrected chi connectivity index (χ0v) is 36.3. The molecule has 1 aliphatic rings. The summed E-state index contributed by atoms with van der Waals surface area (Å²) in [6, 6.07) is 54.6. The molecule has 3 N–H and O–H groups in total. The van der Waals surface area contributed by atoms with Gasteiger partial charge in [-0.3, -0.25) is 19.2 Å². The number of hydrogen-bond donors (Lipinski definition) is 3. The Bertz CT molecular complexity index is 2650. The van der Waals surface area contributed by atoms with E-state index < -0.39 is 17.9 Å². The number of benzene rings is 6. The van der Waals surface area contributed by atoms with E-state index >= 15 is 0 Å². The van der Waals surface area contributed by atoms with E-state index in [-0.39, 0.29) is 30.2 Å². The molecular weight excluding hydrogens is 795 g/mol. The SMILES string of the molecule is CCCCN(CC(=O)Nc1ccc(-c2cc3cc(NC(=O)[C@@H]4CCCN4C(=O)C(Cc4ccccc4)c4ccccc4)ccc3[nH]2)cc1)C(=O)C(Cc1ccccc1)c1ccccc1. The molecule has 1 aromatic heterocycles. The van der Waals surface area contributed by atoms with Gasteiger partial charge in [-0.1, -0.05) is 147 Å². The minimum atomic E-state index is -0.559. The van der Waals surface area contributed by atoms with Crippen molar-refractivity contribution in [2.24, 2.45) is 0 Å². The Morgan fingerprint density at radius 1 is 0.672 bits per heavy atom. The van der Waals surface area contributed by atoms with Crippen molar-refractivity contribution in [1.29, 1.82) is 0 Å². The summed E-state index contributed by atoms with van der Waals surface area (Å²) < 4.78 is 0. The second-order valence-corrected chi connectivity index (χ2v) is 16.7. The van der Waals surface area contributed by atoms with Crippen molar-refractivity contribution in [1.82, 2.24) is 14.8 Å². The molecule has 1 saturated heterocycles. The first kappa shape index (κ1) is 43.4. The van der Waals surface area contributed by atoms with Gasteiger partial charge in [0.2, 0.25) is 23.6 Å². The third-order valence-corrected chi connectivity index (χ3v) is 12.2. The van der Waals surface area contributed by atoms with E-state index in [1.54, 1.807) is 9.80 Å². The van der Waals surface area contributed by atoms with Gasteiger partial charge in [-0.15, -0.1) is 0 Å². The van der Waals surface area contributed by atoms with Crippen LogP contribution in [0.5, 0.6) is 0 Å². The Morgan fingerprint density at radius 3 is 1.88 bits per heavy atom. The van der Waals surface area contributed by atoms with Crippen LogP contribution in [0.15, 0.2) is 170 Å². The summed E-state index contributed by atoms with van der Waals surface area (Å²) in [6.07, 6.45) is 4.18. The Morgan fingerprint density at radius 2 is 1.25 bits per heavy atom. The second-order valence-electron chi connectivity index (χ2n) is 16.7. The quantitative estimate of drug-likeness (QED) is 0.0847. The summed E-state index contributed by atoms with van der Waals surface area (Å²) in [5.41, 5.74) is 8.04. The largest absolute Gasteiger partial charge is 0.355 e. The van der Waals surface area contributed by atoms with Crippen molar-refractivity contribution in [3.63, 3.8) is 0 Å². The fourth-order valence-electron chi connectivity index (χ4n) is 8.80. The van der Waals surface area contributed by atoms with Crippen molar-refractivity contribution >= 4 is 45.9 Å². The number of likely N-dealkylation sites (tertiary alicyclic amines) is 1. The van der Waals surface area contributed by atoms with E-state index in [1.165, 1.54) is 0 Å². The van der Waals surface area contributed by atoms with E-state index in [0.717, 1.165) is 63.7 Å². The molecule has 324 valence electrons. The maximum Gasteiger partial charge on any atom is 0.247 e. The summed E-state index contributed by atoms with van der Waals surface area (Å²) in [5.74, 6) is -1.33. The first-order chi connectivity index (χ1) is 31.3. The van der Waals surface area contributed by atoms with Crippen LogP contribution in [0.3, 0.4) is 0 Å². The lowest BCUT2D eigenvalue weighted by molar-refractivity contribution is -0.138. The summed E-state index contributed by atoms with van der Waals surface area (Å²) in [6.45, 7) is 3.07. The Balaban J connectivity index is 0.907. The third-order valence-electron chi connectivity index (χ3n) is 12.2. The lowest BCUT2D eigenvalue weighted by atomic mass is 9.90. The van der Waals surface area contributed by atoms with Crippen LogP contribution in [-0.2, 0) is 32.0 Å². The molecule has 0 bridgehead atoms. The molecule has 0 spiro atoms. The summed E-state index contributed by atoms with van der Waals surface area (Å²) >= 11 is 0. The van der Waals surface area contributed by atoms with Gasteiger partial charge in [0.25, 0.3) is 0 Å². The second kappa shape index (κ2) is 20.7. The summed E-state index contributed by atoms with van der Waals surface area (Å²) in [4.78, 5) is 62.8.